The maximum absolute atomic E-state index is 12.4. The fraction of sp³-hybridized carbons (Fsp3) is 0.267. The van der Waals surface area contributed by atoms with Gasteiger partial charge in [-0.15, -0.1) is 6.58 Å². The molecule has 0 bridgehead atoms. The van der Waals surface area contributed by atoms with E-state index in [4.69, 9.17) is 0 Å². The van der Waals surface area contributed by atoms with E-state index in [0.29, 0.717) is 5.69 Å². The molecule has 1 fully saturated rings. The number of nitrogens with zero attached hydrogens (tertiary/aromatic N) is 2. The molecule has 0 saturated carbocycles. The van der Waals surface area contributed by atoms with Gasteiger partial charge in [-0.3, -0.25) is 14.4 Å². The van der Waals surface area contributed by atoms with Crippen molar-refractivity contribution in [3.8, 4) is 0 Å². The normalized spacial score (nSPS) is 18.2. The molecule has 104 valence electrons. The minimum Gasteiger partial charge on any atom is -0.327 e. The van der Waals surface area contributed by atoms with Crippen molar-refractivity contribution in [2.45, 2.75) is 19.4 Å². The van der Waals surface area contributed by atoms with E-state index < -0.39 is 6.04 Å². The summed E-state index contributed by atoms with van der Waals surface area (Å²) in [4.78, 5) is 38.6. The summed E-state index contributed by atoms with van der Waals surface area (Å²) >= 11 is 0. The second-order valence-electron chi connectivity index (χ2n) is 4.58. The zero-order chi connectivity index (χ0) is 14.7. The molecule has 1 atom stereocenters. The van der Waals surface area contributed by atoms with E-state index >= 15 is 0 Å². The Morgan fingerprint density at radius 2 is 2.05 bits per heavy atom. The summed E-state index contributed by atoms with van der Waals surface area (Å²) in [5.41, 5.74) is 0.534. The van der Waals surface area contributed by atoms with Crippen LogP contribution >= 0.6 is 0 Å². The lowest BCUT2D eigenvalue weighted by Crippen LogP contribution is -2.44. The van der Waals surface area contributed by atoms with Gasteiger partial charge in [0.25, 0.3) is 5.91 Å². The van der Waals surface area contributed by atoms with E-state index in [1.807, 2.05) is 6.07 Å². The number of para-hydroxylation sites is 1. The van der Waals surface area contributed by atoms with Gasteiger partial charge in [0.05, 0.1) is 12.1 Å². The highest BCUT2D eigenvalue weighted by molar-refractivity contribution is 6.22. The van der Waals surface area contributed by atoms with Crippen LogP contribution in [-0.2, 0) is 14.4 Å². The summed E-state index contributed by atoms with van der Waals surface area (Å²) in [5, 5.41) is 0. The summed E-state index contributed by atoms with van der Waals surface area (Å²) in [6.45, 7) is 5.20. The molecular weight excluding hydrogens is 256 g/mol. The maximum atomic E-state index is 12.4. The molecule has 0 N–H and O–H groups in total. The summed E-state index contributed by atoms with van der Waals surface area (Å²) < 4.78 is 0. The van der Waals surface area contributed by atoms with Gasteiger partial charge in [0.15, 0.2) is 0 Å². The van der Waals surface area contributed by atoms with Crippen molar-refractivity contribution < 1.29 is 14.4 Å². The first kappa shape index (κ1) is 14.0. The Labute approximate surface area is 117 Å². The fourth-order valence-corrected chi connectivity index (χ4v) is 2.32. The SMILES string of the molecule is C=CCN(C(C)=O)C1CC(=O)N(c2ccccc2)C1=O. The molecular formula is C15H16N2O3. The van der Waals surface area contributed by atoms with E-state index in [9.17, 15) is 14.4 Å². The molecule has 1 unspecified atom stereocenters. The molecule has 0 radical (unpaired) electrons. The fourth-order valence-electron chi connectivity index (χ4n) is 2.32. The number of hydrogen-bond donors (Lipinski definition) is 0. The third-order valence-corrected chi connectivity index (χ3v) is 3.24. The molecule has 0 spiro atoms. The lowest BCUT2D eigenvalue weighted by molar-refractivity contribution is -0.135. The molecule has 1 aliphatic heterocycles. The molecule has 1 aliphatic rings. The van der Waals surface area contributed by atoms with Gasteiger partial charge in [-0.1, -0.05) is 24.3 Å². The summed E-state index contributed by atoms with van der Waals surface area (Å²) in [6, 6.07) is 7.99. The number of benzene rings is 1. The van der Waals surface area contributed by atoms with Crippen LogP contribution in [0.1, 0.15) is 13.3 Å². The highest BCUT2D eigenvalue weighted by Crippen LogP contribution is 2.25. The van der Waals surface area contributed by atoms with Crippen LogP contribution in [0.15, 0.2) is 43.0 Å². The zero-order valence-electron chi connectivity index (χ0n) is 11.3. The second-order valence-corrected chi connectivity index (χ2v) is 4.58. The van der Waals surface area contributed by atoms with E-state index in [1.54, 1.807) is 30.3 Å². The highest BCUT2D eigenvalue weighted by atomic mass is 16.2. The van der Waals surface area contributed by atoms with E-state index in [2.05, 4.69) is 6.58 Å². The lowest BCUT2D eigenvalue weighted by Gasteiger charge is -2.24. The molecule has 1 aromatic carbocycles. The van der Waals surface area contributed by atoms with Crippen LogP contribution in [-0.4, -0.2) is 35.2 Å². The molecule has 0 aliphatic carbocycles. The average molecular weight is 272 g/mol. The van der Waals surface area contributed by atoms with Crippen LogP contribution in [0, 0.1) is 0 Å². The maximum Gasteiger partial charge on any atom is 0.257 e. The number of rotatable bonds is 4. The van der Waals surface area contributed by atoms with E-state index in [0.717, 1.165) is 4.90 Å². The molecule has 1 saturated heterocycles. The smallest absolute Gasteiger partial charge is 0.257 e. The second kappa shape index (κ2) is 5.69. The number of anilines is 1. The van der Waals surface area contributed by atoms with E-state index in [-0.39, 0.29) is 30.7 Å². The van der Waals surface area contributed by atoms with Crippen LogP contribution in [0.25, 0.3) is 0 Å². The largest absolute Gasteiger partial charge is 0.327 e. The third kappa shape index (κ3) is 2.47. The zero-order valence-corrected chi connectivity index (χ0v) is 11.3. The first-order valence-electron chi connectivity index (χ1n) is 6.36. The first-order chi connectivity index (χ1) is 9.56. The Morgan fingerprint density at radius 3 is 2.60 bits per heavy atom. The predicted molar refractivity (Wildman–Crippen MR) is 74.9 cm³/mol. The van der Waals surface area contributed by atoms with Gasteiger partial charge in [0.2, 0.25) is 11.8 Å². The monoisotopic (exact) mass is 272 g/mol. The van der Waals surface area contributed by atoms with Crippen LogP contribution in [0.4, 0.5) is 5.69 Å². The molecule has 20 heavy (non-hydrogen) atoms. The lowest BCUT2D eigenvalue weighted by atomic mass is 10.2. The van der Waals surface area contributed by atoms with Gasteiger partial charge in [-0.2, -0.15) is 0 Å². The van der Waals surface area contributed by atoms with Gasteiger partial charge >= 0.3 is 0 Å². The van der Waals surface area contributed by atoms with Gasteiger partial charge < -0.3 is 4.90 Å². The molecule has 1 heterocycles. The minimum atomic E-state index is -0.738. The van der Waals surface area contributed by atoms with Crippen LogP contribution < -0.4 is 4.90 Å². The number of imide groups is 1. The van der Waals surface area contributed by atoms with Crippen LogP contribution in [0.2, 0.25) is 0 Å². The Balaban J connectivity index is 2.29. The molecule has 0 aromatic heterocycles. The minimum absolute atomic E-state index is 0.0150. The first-order valence-corrected chi connectivity index (χ1v) is 6.36. The molecule has 5 nitrogen and oxygen atoms in total. The van der Waals surface area contributed by atoms with Gasteiger partial charge in [0.1, 0.15) is 6.04 Å². The Hall–Kier alpha value is -2.43. The quantitative estimate of drug-likeness (QED) is 0.614. The number of carbonyl (C=O) groups excluding carboxylic acids is 3. The number of hydrogen-bond acceptors (Lipinski definition) is 3. The number of carbonyl (C=O) groups is 3. The van der Waals surface area contributed by atoms with Gasteiger partial charge in [-0.25, -0.2) is 4.90 Å². The van der Waals surface area contributed by atoms with E-state index in [1.165, 1.54) is 11.8 Å². The Kier molecular flexibility index (Phi) is 3.98. The van der Waals surface area contributed by atoms with Gasteiger partial charge in [-0.05, 0) is 12.1 Å². The average Bonchev–Trinajstić information content (AvgIpc) is 2.72. The number of amides is 3. The summed E-state index contributed by atoms with van der Waals surface area (Å²) in [7, 11) is 0. The Bertz CT molecular complexity index is 553. The Morgan fingerprint density at radius 1 is 1.40 bits per heavy atom. The standard InChI is InChI=1S/C15H16N2O3/c1-3-9-16(11(2)18)13-10-14(19)17(15(13)20)12-7-5-4-6-8-12/h3-8,13H,1,9-10H2,2H3. The summed E-state index contributed by atoms with van der Waals surface area (Å²) in [5.74, 6) is -0.897. The highest BCUT2D eigenvalue weighted by Gasteiger charge is 2.43. The van der Waals surface area contributed by atoms with Crippen molar-refractivity contribution in [1.29, 1.82) is 0 Å². The van der Waals surface area contributed by atoms with Crippen molar-refractivity contribution >= 4 is 23.4 Å². The van der Waals surface area contributed by atoms with Crippen molar-refractivity contribution in [1.82, 2.24) is 4.90 Å². The molecule has 5 heteroatoms. The molecule has 3 amide bonds. The van der Waals surface area contributed by atoms with Crippen molar-refractivity contribution in [3.05, 3.63) is 43.0 Å². The van der Waals surface area contributed by atoms with Crippen molar-refractivity contribution in [2.24, 2.45) is 0 Å². The van der Waals surface area contributed by atoms with Crippen LogP contribution in [0.3, 0.4) is 0 Å². The molecule has 2 rings (SSSR count). The topological polar surface area (TPSA) is 57.7 Å². The van der Waals surface area contributed by atoms with Crippen molar-refractivity contribution in [3.63, 3.8) is 0 Å². The third-order valence-electron chi connectivity index (χ3n) is 3.24. The van der Waals surface area contributed by atoms with Gasteiger partial charge in [0, 0.05) is 13.5 Å². The molecule has 1 aromatic rings. The summed E-state index contributed by atoms with van der Waals surface area (Å²) in [6.07, 6.45) is 1.56. The van der Waals surface area contributed by atoms with Crippen molar-refractivity contribution in [2.75, 3.05) is 11.4 Å². The predicted octanol–water partition coefficient (Wildman–Crippen LogP) is 1.35. The van der Waals surface area contributed by atoms with Crippen LogP contribution in [0.5, 0.6) is 0 Å².